The maximum Gasteiger partial charge on any atom is 0.289 e. The highest BCUT2D eigenvalue weighted by molar-refractivity contribution is 7.08. The van der Waals surface area contributed by atoms with Crippen LogP contribution in [0.15, 0.2) is 51.6 Å². The summed E-state index contributed by atoms with van der Waals surface area (Å²) >= 11 is 1.52. The highest BCUT2D eigenvalue weighted by Gasteiger charge is 2.26. The van der Waals surface area contributed by atoms with Crippen LogP contribution in [0.25, 0.3) is 11.0 Å². The van der Waals surface area contributed by atoms with Gasteiger partial charge < -0.3 is 14.6 Å². The Morgan fingerprint density at radius 2 is 2.00 bits per heavy atom. The van der Waals surface area contributed by atoms with Gasteiger partial charge in [0.1, 0.15) is 5.58 Å². The SMILES string of the molecule is O=C(NCC1CCN(C(=O)c2cc3ccccc3o2)CC1)c1ccsc1. The van der Waals surface area contributed by atoms with Crippen LogP contribution in [0.1, 0.15) is 33.8 Å². The third-order valence-electron chi connectivity index (χ3n) is 4.87. The van der Waals surface area contributed by atoms with E-state index in [-0.39, 0.29) is 11.8 Å². The minimum atomic E-state index is -0.0537. The molecule has 2 amide bonds. The van der Waals surface area contributed by atoms with Crippen LogP contribution in [0.5, 0.6) is 0 Å². The lowest BCUT2D eigenvalue weighted by atomic mass is 9.96. The molecule has 0 radical (unpaired) electrons. The van der Waals surface area contributed by atoms with E-state index in [1.807, 2.05) is 52.1 Å². The number of furan rings is 1. The van der Waals surface area contributed by atoms with E-state index in [4.69, 9.17) is 4.42 Å². The zero-order chi connectivity index (χ0) is 17.9. The molecule has 1 aliphatic heterocycles. The van der Waals surface area contributed by atoms with E-state index in [1.54, 1.807) is 0 Å². The minimum absolute atomic E-state index is 0.0213. The molecule has 4 rings (SSSR count). The van der Waals surface area contributed by atoms with Gasteiger partial charge in [-0.05, 0) is 42.3 Å². The fourth-order valence-corrected chi connectivity index (χ4v) is 3.95. The van der Waals surface area contributed by atoms with E-state index in [0.717, 1.165) is 23.8 Å². The number of fused-ring (bicyclic) bond motifs is 1. The fraction of sp³-hybridized carbons (Fsp3) is 0.300. The molecule has 0 spiro atoms. The summed E-state index contributed by atoms with van der Waals surface area (Å²) in [5, 5.41) is 7.69. The highest BCUT2D eigenvalue weighted by atomic mass is 32.1. The van der Waals surface area contributed by atoms with E-state index in [0.29, 0.717) is 36.9 Å². The van der Waals surface area contributed by atoms with Gasteiger partial charge in [-0.1, -0.05) is 18.2 Å². The van der Waals surface area contributed by atoms with E-state index >= 15 is 0 Å². The molecule has 1 aliphatic rings. The van der Waals surface area contributed by atoms with Crippen LogP contribution in [0.4, 0.5) is 0 Å². The number of benzene rings is 1. The van der Waals surface area contributed by atoms with E-state index in [9.17, 15) is 9.59 Å². The third-order valence-corrected chi connectivity index (χ3v) is 5.56. The van der Waals surface area contributed by atoms with Crippen LogP contribution in [0.3, 0.4) is 0 Å². The first-order valence-electron chi connectivity index (χ1n) is 8.79. The maximum atomic E-state index is 12.7. The Kier molecular flexibility index (Phi) is 4.75. The summed E-state index contributed by atoms with van der Waals surface area (Å²) < 4.78 is 5.68. The molecule has 0 bridgehead atoms. The van der Waals surface area contributed by atoms with Crippen molar-refractivity contribution in [2.24, 2.45) is 5.92 Å². The minimum Gasteiger partial charge on any atom is -0.451 e. The van der Waals surface area contributed by atoms with Gasteiger partial charge in [-0.25, -0.2) is 0 Å². The van der Waals surface area contributed by atoms with Gasteiger partial charge in [0.15, 0.2) is 5.76 Å². The van der Waals surface area contributed by atoms with Gasteiger partial charge in [0.05, 0.1) is 0 Å². The molecule has 2 aromatic heterocycles. The largest absolute Gasteiger partial charge is 0.451 e. The molecule has 1 fully saturated rings. The normalized spacial score (nSPS) is 15.3. The number of hydrogen-bond donors (Lipinski definition) is 1. The van der Waals surface area contributed by atoms with E-state index in [1.165, 1.54) is 11.3 Å². The Hall–Kier alpha value is -2.60. The van der Waals surface area contributed by atoms with Crippen LogP contribution in [-0.4, -0.2) is 36.3 Å². The molecular formula is C20H20N2O3S. The number of carbonyl (C=O) groups excluding carboxylic acids is 2. The Bertz CT molecular complexity index is 875. The zero-order valence-electron chi connectivity index (χ0n) is 14.3. The predicted molar refractivity (Wildman–Crippen MR) is 101 cm³/mol. The molecule has 26 heavy (non-hydrogen) atoms. The van der Waals surface area contributed by atoms with Crippen LogP contribution in [-0.2, 0) is 0 Å². The van der Waals surface area contributed by atoms with Gasteiger partial charge in [-0.15, -0.1) is 0 Å². The summed E-state index contributed by atoms with van der Waals surface area (Å²) in [6.07, 6.45) is 1.77. The van der Waals surface area contributed by atoms with Gasteiger partial charge in [0.25, 0.3) is 11.8 Å². The summed E-state index contributed by atoms with van der Waals surface area (Å²) in [4.78, 5) is 26.5. The number of para-hydroxylation sites is 1. The number of amides is 2. The first-order valence-corrected chi connectivity index (χ1v) is 9.73. The van der Waals surface area contributed by atoms with Crippen LogP contribution in [0.2, 0.25) is 0 Å². The summed E-state index contributed by atoms with van der Waals surface area (Å²) in [6.45, 7) is 2.03. The molecule has 1 saturated heterocycles. The number of carbonyl (C=O) groups is 2. The number of piperidine rings is 1. The smallest absolute Gasteiger partial charge is 0.289 e. The predicted octanol–water partition coefficient (Wildman–Crippen LogP) is 3.78. The van der Waals surface area contributed by atoms with E-state index in [2.05, 4.69) is 5.32 Å². The van der Waals surface area contributed by atoms with Gasteiger partial charge >= 0.3 is 0 Å². The van der Waals surface area contributed by atoms with Crippen molar-refractivity contribution in [1.29, 1.82) is 0 Å². The van der Waals surface area contributed by atoms with Crippen molar-refractivity contribution in [2.75, 3.05) is 19.6 Å². The van der Waals surface area contributed by atoms with Crippen molar-refractivity contribution in [3.8, 4) is 0 Å². The number of nitrogens with one attached hydrogen (secondary N) is 1. The zero-order valence-corrected chi connectivity index (χ0v) is 15.1. The lowest BCUT2D eigenvalue weighted by Gasteiger charge is -2.31. The van der Waals surface area contributed by atoms with Crippen molar-refractivity contribution in [3.63, 3.8) is 0 Å². The summed E-state index contributed by atoms with van der Waals surface area (Å²) in [6, 6.07) is 11.3. The summed E-state index contributed by atoms with van der Waals surface area (Å²) in [7, 11) is 0. The molecule has 134 valence electrons. The molecule has 0 unspecified atom stereocenters. The standard InChI is InChI=1S/C20H20N2O3S/c23-19(16-7-10-26-13-16)21-12-14-5-8-22(9-6-14)20(24)18-11-15-3-1-2-4-17(15)25-18/h1-4,7,10-11,13-14H,5-6,8-9,12H2,(H,21,23). The quantitative estimate of drug-likeness (QED) is 0.762. The molecule has 5 nitrogen and oxygen atoms in total. The Morgan fingerprint density at radius 3 is 2.73 bits per heavy atom. The number of rotatable bonds is 4. The second kappa shape index (κ2) is 7.33. The van der Waals surface area contributed by atoms with Crippen molar-refractivity contribution in [3.05, 3.63) is 58.5 Å². The van der Waals surface area contributed by atoms with Crippen LogP contribution >= 0.6 is 11.3 Å². The number of nitrogens with zero attached hydrogens (tertiary/aromatic N) is 1. The van der Waals surface area contributed by atoms with Crippen LogP contribution < -0.4 is 5.32 Å². The molecule has 1 aromatic carbocycles. The molecule has 0 saturated carbocycles. The Balaban J connectivity index is 1.30. The molecule has 3 aromatic rings. The van der Waals surface area contributed by atoms with Gasteiger partial charge in [-0.3, -0.25) is 9.59 Å². The van der Waals surface area contributed by atoms with Crippen molar-refractivity contribution >= 4 is 34.1 Å². The highest BCUT2D eigenvalue weighted by Crippen LogP contribution is 2.23. The Labute approximate surface area is 155 Å². The molecule has 1 N–H and O–H groups in total. The maximum absolute atomic E-state index is 12.7. The van der Waals surface area contributed by atoms with E-state index < -0.39 is 0 Å². The first-order chi connectivity index (χ1) is 12.7. The summed E-state index contributed by atoms with van der Waals surface area (Å²) in [5.74, 6) is 0.724. The molecule has 0 atom stereocenters. The molecule has 6 heteroatoms. The van der Waals surface area contributed by atoms with Gasteiger partial charge in [0.2, 0.25) is 0 Å². The van der Waals surface area contributed by atoms with Crippen molar-refractivity contribution in [1.82, 2.24) is 10.2 Å². The van der Waals surface area contributed by atoms with Crippen molar-refractivity contribution < 1.29 is 14.0 Å². The molecule has 3 heterocycles. The summed E-state index contributed by atoms with van der Waals surface area (Å²) in [5.41, 5.74) is 1.45. The van der Waals surface area contributed by atoms with Gasteiger partial charge in [0, 0.05) is 36.0 Å². The second-order valence-corrected chi connectivity index (χ2v) is 7.39. The fourth-order valence-electron chi connectivity index (χ4n) is 3.32. The average molecular weight is 368 g/mol. The van der Waals surface area contributed by atoms with Crippen molar-refractivity contribution in [2.45, 2.75) is 12.8 Å². The molecule has 0 aliphatic carbocycles. The topological polar surface area (TPSA) is 62.6 Å². The Morgan fingerprint density at radius 1 is 1.19 bits per heavy atom. The van der Waals surface area contributed by atoms with Gasteiger partial charge in [-0.2, -0.15) is 11.3 Å². The lowest BCUT2D eigenvalue weighted by molar-refractivity contribution is 0.0655. The third kappa shape index (κ3) is 3.51. The van der Waals surface area contributed by atoms with Crippen LogP contribution in [0, 0.1) is 5.92 Å². The second-order valence-electron chi connectivity index (χ2n) is 6.61. The number of thiophene rings is 1. The monoisotopic (exact) mass is 368 g/mol. The lowest BCUT2D eigenvalue weighted by Crippen LogP contribution is -2.41. The first kappa shape index (κ1) is 16.8. The number of hydrogen-bond acceptors (Lipinski definition) is 4. The average Bonchev–Trinajstić information content (AvgIpc) is 3.35. The molecular weight excluding hydrogens is 348 g/mol. The number of likely N-dealkylation sites (tertiary alicyclic amines) is 1.